The number of nitrogens with one attached hydrogen (secondary N) is 2. The Morgan fingerprint density at radius 1 is 1.13 bits per heavy atom. The number of carbonyl (C=O) groups excluding carboxylic acids is 1. The average molecular weight is 437 g/mol. The molecule has 0 bridgehead atoms. The topological polar surface area (TPSA) is 111 Å². The molecule has 4 aromatic rings. The summed E-state index contributed by atoms with van der Waals surface area (Å²) >= 11 is 1.12. The smallest absolute Gasteiger partial charge is 0.262 e. The molecular formula is C21H19N5O4S. The number of H-pyrrole nitrogens is 1. The summed E-state index contributed by atoms with van der Waals surface area (Å²) < 4.78 is 12.0. The van der Waals surface area contributed by atoms with Gasteiger partial charge in [-0.05, 0) is 36.4 Å². The summed E-state index contributed by atoms with van der Waals surface area (Å²) in [4.78, 5) is 32.0. The Kier molecular flexibility index (Phi) is 5.89. The molecule has 0 aliphatic rings. The zero-order valence-electron chi connectivity index (χ0n) is 16.8. The maximum atomic E-state index is 12.5. The molecule has 31 heavy (non-hydrogen) atoms. The molecule has 2 aromatic carbocycles. The van der Waals surface area contributed by atoms with Crippen molar-refractivity contribution in [3.05, 3.63) is 65.1 Å². The zero-order chi connectivity index (χ0) is 21.8. The molecule has 2 heterocycles. The third kappa shape index (κ3) is 4.38. The summed E-state index contributed by atoms with van der Waals surface area (Å²) in [6.45, 7) is 0. The van der Waals surface area contributed by atoms with Crippen LogP contribution in [0.15, 0.2) is 64.7 Å². The molecule has 1 amide bonds. The monoisotopic (exact) mass is 437 g/mol. The van der Waals surface area contributed by atoms with Crippen LogP contribution in [0.1, 0.15) is 0 Å². The number of ether oxygens (including phenoxy) is 2. The predicted octanol–water partition coefficient (Wildman–Crippen LogP) is 2.86. The number of nitrogens with zero attached hydrogens (tertiary/aromatic N) is 3. The number of anilines is 1. The number of fused-ring (bicyclic) bond motifs is 1. The van der Waals surface area contributed by atoms with Crippen molar-refractivity contribution in [2.45, 2.75) is 5.16 Å². The van der Waals surface area contributed by atoms with Crippen LogP contribution >= 0.6 is 11.8 Å². The molecule has 0 fully saturated rings. The molecule has 2 aromatic heterocycles. The van der Waals surface area contributed by atoms with Crippen LogP contribution in [0.5, 0.6) is 11.5 Å². The number of hydrogen-bond donors (Lipinski definition) is 2. The van der Waals surface area contributed by atoms with E-state index in [0.717, 1.165) is 17.4 Å². The minimum absolute atomic E-state index is 0.0587. The Bertz CT molecular complexity index is 1280. The van der Waals surface area contributed by atoms with E-state index in [9.17, 15) is 9.59 Å². The molecule has 2 N–H and O–H groups in total. The first-order chi connectivity index (χ1) is 15.1. The van der Waals surface area contributed by atoms with E-state index in [1.165, 1.54) is 13.3 Å². The molecule has 9 nitrogen and oxygen atoms in total. The van der Waals surface area contributed by atoms with Gasteiger partial charge in [-0.3, -0.25) is 9.59 Å². The SMILES string of the molecule is COc1ccc(-n2ncc3c(=O)[nH]c(SCC(=O)Nc4ccccc4OC)nc32)cc1. The molecule has 0 aliphatic heterocycles. The van der Waals surface area contributed by atoms with Crippen LogP contribution in [0.4, 0.5) is 5.69 Å². The Morgan fingerprint density at radius 3 is 2.65 bits per heavy atom. The highest BCUT2D eigenvalue weighted by Crippen LogP contribution is 2.24. The second-order valence-corrected chi connectivity index (χ2v) is 7.36. The fraction of sp³-hybridized carbons (Fsp3) is 0.143. The van der Waals surface area contributed by atoms with Crippen LogP contribution in [-0.4, -0.2) is 45.6 Å². The van der Waals surface area contributed by atoms with Crippen molar-refractivity contribution in [2.75, 3.05) is 25.3 Å². The summed E-state index contributed by atoms with van der Waals surface area (Å²) in [7, 11) is 3.13. The second kappa shape index (κ2) is 8.92. The van der Waals surface area contributed by atoms with E-state index in [4.69, 9.17) is 9.47 Å². The maximum Gasteiger partial charge on any atom is 0.262 e. The van der Waals surface area contributed by atoms with Gasteiger partial charge in [0.25, 0.3) is 5.56 Å². The first kappa shape index (κ1) is 20.5. The number of aromatic nitrogens is 4. The van der Waals surface area contributed by atoms with Crippen LogP contribution in [0.2, 0.25) is 0 Å². The number of aromatic amines is 1. The third-order valence-electron chi connectivity index (χ3n) is 4.45. The first-order valence-electron chi connectivity index (χ1n) is 9.27. The average Bonchev–Trinajstić information content (AvgIpc) is 3.23. The lowest BCUT2D eigenvalue weighted by molar-refractivity contribution is -0.113. The summed E-state index contributed by atoms with van der Waals surface area (Å²) in [6, 6.07) is 14.4. The van der Waals surface area contributed by atoms with Crippen LogP contribution < -0.4 is 20.3 Å². The number of rotatable bonds is 7. The van der Waals surface area contributed by atoms with Crippen molar-refractivity contribution in [1.29, 1.82) is 0 Å². The number of carbonyl (C=O) groups is 1. The molecule has 0 spiro atoms. The Hall–Kier alpha value is -3.79. The molecule has 0 radical (unpaired) electrons. The lowest BCUT2D eigenvalue weighted by Crippen LogP contribution is -2.16. The van der Waals surface area contributed by atoms with Crippen LogP contribution in [0, 0.1) is 0 Å². The number of methoxy groups -OCH3 is 2. The molecule has 0 atom stereocenters. The van der Waals surface area contributed by atoms with Gasteiger partial charge in [0.1, 0.15) is 16.9 Å². The minimum Gasteiger partial charge on any atom is -0.497 e. The van der Waals surface area contributed by atoms with E-state index in [1.807, 2.05) is 18.2 Å². The molecule has 10 heteroatoms. The van der Waals surface area contributed by atoms with Gasteiger partial charge >= 0.3 is 0 Å². The largest absolute Gasteiger partial charge is 0.497 e. The van der Waals surface area contributed by atoms with Gasteiger partial charge < -0.3 is 19.8 Å². The highest BCUT2D eigenvalue weighted by Gasteiger charge is 2.14. The Balaban J connectivity index is 1.54. The summed E-state index contributed by atoms with van der Waals surface area (Å²) in [5, 5.41) is 7.76. The van der Waals surface area contributed by atoms with Crippen molar-refractivity contribution in [3.63, 3.8) is 0 Å². The fourth-order valence-electron chi connectivity index (χ4n) is 2.95. The molecule has 4 rings (SSSR count). The van der Waals surface area contributed by atoms with Gasteiger partial charge in [0.15, 0.2) is 10.8 Å². The quantitative estimate of drug-likeness (QED) is 0.338. The van der Waals surface area contributed by atoms with Crippen molar-refractivity contribution in [1.82, 2.24) is 19.7 Å². The van der Waals surface area contributed by atoms with Gasteiger partial charge in [0, 0.05) is 0 Å². The van der Waals surface area contributed by atoms with Crippen LogP contribution in [-0.2, 0) is 4.79 Å². The van der Waals surface area contributed by atoms with Crippen molar-refractivity contribution in [2.24, 2.45) is 0 Å². The van der Waals surface area contributed by atoms with Crippen molar-refractivity contribution >= 4 is 34.4 Å². The van der Waals surface area contributed by atoms with Crippen molar-refractivity contribution < 1.29 is 14.3 Å². The summed E-state index contributed by atoms with van der Waals surface area (Å²) in [5.41, 5.74) is 1.39. The van der Waals surface area contributed by atoms with Gasteiger partial charge in [0.05, 0.1) is 37.5 Å². The zero-order valence-corrected chi connectivity index (χ0v) is 17.6. The standard InChI is InChI=1S/C21H19N5O4S/c1-29-14-9-7-13(8-10-14)26-19-15(11-22-26)20(28)25-21(24-19)31-12-18(27)23-16-5-3-4-6-17(16)30-2/h3-11H,12H2,1-2H3,(H,23,27)(H,24,25,28). The van der Waals surface area contributed by atoms with E-state index in [1.54, 1.807) is 42.1 Å². The van der Waals surface area contributed by atoms with Gasteiger partial charge in [-0.15, -0.1) is 0 Å². The second-order valence-electron chi connectivity index (χ2n) is 6.40. The highest BCUT2D eigenvalue weighted by atomic mass is 32.2. The Labute approximate surface area is 181 Å². The number of thioether (sulfide) groups is 1. The lowest BCUT2D eigenvalue weighted by atomic mass is 10.3. The first-order valence-corrected chi connectivity index (χ1v) is 10.3. The lowest BCUT2D eigenvalue weighted by Gasteiger charge is -2.09. The molecular weight excluding hydrogens is 418 g/mol. The van der Waals surface area contributed by atoms with Gasteiger partial charge in [-0.1, -0.05) is 23.9 Å². The van der Waals surface area contributed by atoms with E-state index in [-0.39, 0.29) is 17.2 Å². The van der Waals surface area contributed by atoms with E-state index >= 15 is 0 Å². The predicted molar refractivity (Wildman–Crippen MR) is 118 cm³/mol. The minimum atomic E-state index is -0.322. The summed E-state index contributed by atoms with van der Waals surface area (Å²) in [6.07, 6.45) is 1.47. The summed E-state index contributed by atoms with van der Waals surface area (Å²) in [5.74, 6) is 1.09. The van der Waals surface area contributed by atoms with Crippen LogP contribution in [0.25, 0.3) is 16.7 Å². The van der Waals surface area contributed by atoms with Gasteiger partial charge in [-0.25, -0.2) is 9.67 Å². The number of benzene rings is 2. The van der Waals surface area contributed by atoms with Gasteiger partial charge in [0.2, 0.25) is 5.91 Å². The van der Waals surface area contributed by atoms with Crippen LogP contribution in [0.3, 0.4) is 0 Å². The number of hydrogen-bond acceptors (Lipinski definition) is 7. The number of para-hydroxylation sites is 2. The maximum absolute atomic E-state index is 12.5. The van der Waals surface area contributed by atoms with Crippen molar-refractivity contribution in [3.8, 4) is 17.2 Å². The van der Waals surface area contributed by atoms with Gasteiger partial charge in [-0.2, -0.15) is 5.10 Å². The van der Waals surface area contributed by atoms with E-state index in [2.05, 4.69) is 20.4 Å². The third-order valence-corrected chi connectivity index (χ3v) is 5.33. The fourth-order valence-corrected chi connectivity index (χ4v) is 3.60. The normalized spacial score (nSPS) is 10.8. The number of amides is 1. The Morgan fingerprint density at radius 2 is 1.90 bits per heavy atom. The van der Waals surface area contributed by atoms with E-state index < -0.39 is 0 Å². The molecule has 0 saturated heterocycles. The molecule has 0 aliphatic carbocycles. The molecule has 0 unspecified atom stereocenters. The highest BCUT2D eigenvalue weighted by molar-refractivity contribution is 7.99. The molecule has 0 saturated carbocycles. The van der Waals surface area contributed by atoms with E-state index in [0.29, 0.717) is 33.4 Å². The molecule has 158 valence electrons.